The fraction of sp³-hybridized carbons (Fsp3) is 0.118. The third kappa shape index (κ3) is 3.25. The maximum Gasteiger partial charge on any atom is 0.0449 e. The first-order valence-electron chi connectivity index (χ1n) is 6.57. The summed E-state index contributed by atoms with van der Waals surface area (Å²) in [4.78, 5) is 0.794. The normalized spacial score (nSPS) is 10.8. The van der Waals surface area contributed by atoms with Crippen LogP contribution in [0.5, 0.6) is 0 Å². The van der Waals surface area contributed by atoms with Crippen LogP contribution in [0, 0.1) is 0 Å². The summed E-state index contributed by atoms with van der Waals surface area (Å²) >= 11 is 5.38. The third-order valence-corrected chi connectivity index (χ3v) is 3.55. The molecule has 0 atom stereocenters. The number of rotatable bonds is 4. The zero-order valence-electron chi connectivity index (χ0n) is 11.5. The van der Waals surface area contributed by atoms with E-state index in [1.54, 1.807) is 0 Å². The van der Waals surface area contributed by atoms with Gasteiger partial charge in [-0.15, -0.1) is 0 Å². The Kier molecular flexibility index (Phi) is 4.53. The van der Waals surface area contributed by atoms with E-state index >= 15 is 0 Å². The highest BCUT2D eigenvalue weighted by Gasteiger charge is 2.03. The zero-order chi connectivity index (χ0) is 14.5. The molecule has 0 amide bonds. The predicted octanol–water partition coefficient (Wildman–Crippen LogP) is 3.84. The molecule has 0 bridgehead atoms. The lowest BCUT2D eigenvalue weighted by molar-refractivity contribution is 1.15. The Hall–Kier alpha value is -2.13. The van der Waals surface area contributed by atoms with Crippen molar-refractivity contribution in [2.24, 2.45) is 0 Å². The van der Waals surface area contributed by atoms with Gasteiger partial charge in [0.1, 0.15) is 0 Å². The first-order valence-corrected chi connectivity index (χ1v) is 6.98. The summed E-state index contributed by atoms with van der Waals surface area (Å²) < 4.78 is 0. The molecule has 0 fully saturated rings. The Morgan fingerprint density at radius 1 is 1.10 bits per heavy atom. The topological polar surface area (TPSA) is 52.0 Å². The molecule has 0 aliphatic rings. The van der Waals surface area contributed by atoms with Crippen molar-refractivity contribution in [2.45, 2.75) is 13.3 Å². The molecule has 2 rings (SSSR count). The average Bonchev–Trinajstić information content (AvgIpc) is 2.45. The van der Waals surface area contributed by atoms with Crippen LogP contribution in [-0.2, 0) is 6.42 Å². The Balaban J connectivity index is 2.22. The molecule has 0 unspecified atom stereocenters. The minimum atomic E-state index is 0.734. The van der Waals surface area contributed by atoms with Crippen molar-refractivity contribution in [3.63, 3.8) is 0 Å². The summed E-state index contributed by atoms with van der Waals surface area (Å²) in [5.74, 6) is 0. The van der Waals surface area contributed by atoms with Crippen LogP contribution in [0.2, 0.25) is 0 Å². The Labute approximate surface area is 125 Å². The molecule has 2 nitrogen and oxygen atoms in total. The SMILES string of the molecule is CCc1c(N)cc(C=CC(=S)c2ccccc2)cc1N. The monoisotopic (exact) mass is 282 g/mol. The largest absolute Gasteiger partial charge is 0.398 e. The van der Waals surface area contributed by atoms with Crippen molar-refractivity contribution >= 4 is 34.5 Å². The van der Waals surface area contributed by atoms with E-state index in [1.807, 2.05) is 61.5 Å². The smallest absolute Gasteiger partial charge is 0.0449 e. The van der Waals surface area contributed by atoms with Crippen LogP contribution in [0.4, 0.5) is 11.4 Å². The Bertz CT molecular complexity index is 622. The highest BCUT2D eigenvalue weighted by atomic mass is 32.1. The molecule has 0 aliphatic carbocycles. The average molecular weight is 282 g/mol. The van der Waals surface area contributed by atoms with Crippen molar-refractivity contribution in [1.82, 2.24) is 0 Å². The van der Waals surface area contributed by atoms with Gasteiger partial charge in [-0.1, -0.05) is 55.5 Å². The van der Waals surface area contributed by atoms with Gasteiger partial charge in [0, 0.05) is 16.2 Å². The molecule has 0 saturated carbocycles. The highest BCUT2D eigenvalue weighted by Crippen LogP contribution is 2.23. The lowest BCUT2D eigenvalue weighted by Gasteiger charge is -2.08. The van der Waals surface area contributed by atoms with Gasteiger partial charge in [-0.3, -0.25) is 0 Å². The molecular weight excluding hydrogens is 264 g/mol. The van der Waals surface area contributed by atoms with Crippen molar-refractivity contribution in [2.75, 3.05) is 11.5 Å². The molecular formula is C17H18N2S. The molecule has 102 valence electrons. The summed E-state index contributed by atoms with van der Waals surface area (Å²) in [6, 6.07) is 13.8. The van der Waals surface area contributed by atoms with Crippen molar-refractivity contribution in [1.29, 1.82) is 0 Å². The number of anilines is 2. The quantitative estimate of drug-likeness (QED) is 0.388. The summed E-state index contributed by atoms with van der Waals surface area (Å²) in [6.07, 6.45) is 4.69. The van der Waals surface area contributed by atoms with E-state index in [2.05, 4.69) is 0 Å². The summed E-state index contributed by atoms with van der Waals surface area (Å²) in [5.41, 5.74) is 16.5. The molecule has 4 N–H and O–H groups in total. The molecule has 0 radical (unpaired) electrons. The van der Waals surface area contributed by atoms with Crippen LogP contribution < -0.4 is 11.5 Å². The van der Waals surface area contributed by atoms with E-state index in [1.165, 1.54) is 0 Å². The lowest BCUT2D eigenvalue weighted by Crippen LogP contribution is -2.00. The fourth-order valence-corrected chi connectivity index (χ4v) is 2.32. The second-order valence-electron chi connectivity index (χ2n) is 4.60. The predicted molar refractivity (Wildman–Crippen MR) is 91.8 cm³/mol. The van der Waals surface area contributed by atoms with E-state index in [0.29, 0.717) is 0 Å². The molecule has 20 heavy (non-hydrogen) atoms. The third-order valence-electron chi connectivity index (χ3n) is 3.18. The number of benzene rings is 2. The molecule has 0 aromatic heterocycles. The van der Waals surface area contributed by atoms with Crippen LogP contribution in [0.1, 0.15) is 23.6 Å². The van der Waals surface area contributed by atoms with E-state index < -0.39 is 0 Å². The maximum atomic E-state index is 6.00. The Morgan fingerprint density at radius 3 is 2.25 bits per heavy atom. The van der Waals surface area contributed by atoms with Crippen LogP contribution in [-0.4, -0.2) is 4.86 Å². The van der Waals surface area contributed by atoms with Gasteiger partial charge in [0.25, 0.3) is 0 Å². The lowest BCUT2D eigenvalue weighted by atomic mass is 10.0. The number of allylic oxidation sites excluding steroid dienone is 1. The number of thiocarbonyl (C=S) groups is 1. The van der Waals surface area contributed by atoms with Crippen LogP contribution in [0.15, 0.2) is 48.5 Å². The molecule has 0 saturated heterocycles. The number of hydrogen-bond acceptors (Lipinski definition) is 3. The molecule has 2 aromatic carbocycles. The van der Waals surface area contributed by atoms with Gasteiger partial charge >= 0.3 is 0 Å². The molecule has 2 aromatic rings. The summed E-state index contributed by atoms with van der Waals surface area (Å²) in [6.45, 7) is 2.04. The highest BCUT2D eigenvalue weighted by molar-refractivity contribution is 7.81. The fourth-order valence-electron chi connectivity index (χ4n) is 2.12. The van der Waals surface area contributed by atoms with Crippen molar-refractivity contribution in [3.05, 3.63) is 65.2 Å². The Morgan fingerprint density at radius 2 is 1.70 bits per heavy atom. The first kappa shape index (κ1) is 14.3. The van der Waals surface area contributed by atoms with Gasteiger partial charge in [0.2, 0.25) is 0 Å². The summed E-state index contributed by atoms with van der Waals surface area (Å²) in [5, 5.41) is 0. The number of nitrogens with two attached hydrogens (primary N) is 2. The van der Waals surface area contributed by atoms with Gasteiger partial charge in [0.15, 0.2) is 0 Å². The van der Waals surface area contributed by atoms with Gasteiger partial charge in [-0.05, 0) is 41.3 Å². The second kappa shape index (κ2) is 6.35. The van der Waals surface area contributed by atoms with Crippen molar-refractivity contribution < 1.29 is 0 Å². The van der Waals surface area contributed by atoms with Gasteiger partial charge in [0.05, 0.1) is 0 Å². The molecule has 3 heteroatoms. The van der Waals surface area contributed by atoms with Crippen LogP contribution in [0.3, 0.4) is 0 Å². The van der Waals surface area contributed by atoms with Crippen LogP contribution in [0.25, 0.3) is 6.08 Å². The number of hydrogen-bond donors (Lipinski definition) is 2. The molecule has 0 heterocycles. The van der Waals surface area contributed by atoms with Crippen molar-refractivity contribution in [3.8, 4) is 0 Å². The molecule has 0 spiro atoms. The van der Waals surface area contributed by atoms with Crippen LogP contribution >= 0.6 is 12.2 Å². The standard InChI is InChI=1S/C17H18N2S/c1-2-14-15(18)10-12(11-16(14)19)8-9-17(20)13-6-4-3-5-7-13/h3-11H,2,18-19H2,1H3. The minimum Gasteiger partial charge on any atom is -0.398 e. The van der Waals surface area contributed by atoms with E-state index in [-0.39, 0.29) is 0 Å². The number of nitrogen functional groups attached to an aromatic ring is 2. The summed E-state index contributed by atoms with van der Waals surface area (Å²) in [7, 11) is 0. The van der Waals surface area contributed by atoms with E-state index in [9.17, 15) is 0 Å². The van der Waals surface area contributed by atoms with Gasteiger partial charge in [-0.25, -0.2) is 0 Å². The second-order valence-corrected chi connectivity index (χ2v) is 5.03. The zero-order valence-corrected chi connectivity index (χ0v) is 12.3. The van der Waals surface area contributed by atoms with E-state index in [0.717, 1.165) is 39.4 Å². The minimum absolute atomic E-state index is 0.734. The maximum absolute atomic E-state index is 6.00. The van der Waals surface area contributed by atoms with Gasteiger partial charge < -0.3 is 11.5 Å². The van der Waals surface area contributed by atoms with E-state index in [4.69, 9.17) is 23.7 Å². The first-order chi connectivity index (χ1) is 9.61. The molecule has 0 aliphatic heterocycles. The van der Waals surface area contributed by atoms with Gasteiger partial charge in [-0.2, -0.15) is 0 Å².